The first kappa shape index (κ1) is 10.9. The standard InChI is InChI=1S/C11H18N2O/c1-7(2)9-6-10(13-12)11(14-4)5-8(9)3/h5-7,13H,12H2,1-4H3. The summed E-state index contributed by atoms with van der Waals surface area (Å²) in [5, 5.41) is 0. The van der Waals surface area contributed by atoms with Gasteiger partial charge in [-0.05, 0) is 36.1 Å². The molecule has 14 heavy (non-hydrogen) atoms. The number of hydrogen-bond acceptors (Lipinski definition) is 3. The molecule has 0 saturated carbocycles. The Labute approximate surface area is 85.2 Å². The fraction of sp³-hybridized carbons (Fsp3) is 0.455. The lowest BCUT2D eigenvalue weighted by molar-refractivity contribution is 0.416. The predicted molar refractivity (Wildman–Crippen MR) is 59.6 cm³/mol. The summed E-state index contributed by atoms with van der Waals surface area (Å²) < 4.78 is 5.21. The van der Waals surface area contributed by atoms with E-state index in [0.717, 1.165) is 11.4 Å². The zero-order valence-electron chi connectivity index (χ0n) is 9.22. The highest BCUT2D eigenvalue weighted by Crippen LogP contribution is 2.30. The van der Waals surface area contributed by atoms with Crippen molar-refractivity contribution >= 4 is 5.69 Å². The molecule has 0 atom stereocenters. The molecule has 3 N–H and O–H groups in total. The highest BCUT2D eigenvalue weighted by molar-refractivity contribution is 5.59. The molecule has 0 saturated heterocycles. The fourth-order valence-corrected chi connectivity index (χ4v) is 1.60. The van der Waals surface area contributed by atoms with Crippen molar-refractivity contribution in [2.24, 2.45) is 5.84 Å². The molecule has 0 aliphatic heterocycles. The number of aryl methyl sites for hydroxylation is 1. The van der Waals surface area contributed by atoms with E-state index in [1.165, 1.54) is 11.1 Å². The van der Waals surface area contributed by atoms with Gasteiger partial charge in [-0.3, -0.25) is 5.84 Å². The van der Waals surface area contributed by atoms with Gasteiger partial charge in [-0.1, -0.05) is 13.8 Å². The number of methoxy groups -OCH3 is 1. The van der Waals surface area contributed by atoms with Gasteiger partial charge in [0.1, 0.15) is 5.75 Å². The third-order valence-electron chi connectivity index (χ3n) is 2.37. The van der Waals surface area contributed by atoms with Gasteiger partial charge in [-0.25, -0.2) is 0 Å². The first-order chi connectivity index (χ1) is 6.60. The van der Waals surface area contributed by atoms with Crippen molar-refractivity contribution in [2.45, 2.75) is 26.7 Å². The summed E-state index contributed by atoms with van der Waals surface area (Å²) in [6.07, 6.45) is 0. The van der Waals surface area contributed by atoms with Crippen LogP contribution in [0.1, 0.15) is 30.9 Å². The topological polar surface area (TPSA) is 47.3 Å². The van der Waals surface area contributed by atoms with Gasteiger partial charge in [-0.15, -0.1) is 0 Å². The maximum absolute atomic E-state index is 5.42. The van der Waals surface area contributed by atoms with Crippen LogP contribution >= 0.6 is 0 Å². The van der Waals surface area contributed by atoms with Gasteiger partial charge in [0.05, 0.1) is 12.8 Å². The third-order valence-corrected chi connectivity index (χ3v) is 2.37. The molecule has 0 radical (unpaired) electrons. The molecule has 1 rings (SSSR count). The lowest BCUT2D eigenvalue weighted by atomic mass is 9.97. The van der Waals surface area contributed by atoms with Crippen LogP contribution in [0.25, 0.3) is 0 Å². The van der Waals surface area contributed by atoms with Crippen LogP contribution in [0.15, 0.2) is 12.1 Å². The molecule has 0 fully saturated rings. The highest BCUT2D eigenvalue weighted by atomic mass is 16.5. The van der Waals surface area contributed by atoms with E-state index in [-0.39, 0.29) is 0 Å². The summed E-state index contributed by atoms with van der Waals surface area (Å²) in [6.45, 7) is 6.41. The Morgan fingerprint density at radius 3 is 2.43 bits per heavy atom. The summed E-state index contributed by atoms with van der Waals surface area (Å²) in [7, 11) is 1.64. The second-order valence-corrected chi connectivity index (χ2v) is 3.71. The lowest BCUT2D eigenvalue weighted by Gasteiger charge is -2.15. The van der Waals surface area contributed by atoms with E-state index in [1.54, 1.807) is 7.11 Å². The molecule has 1 aromatic carbocycles. The lowest BCUT2D eigenvalue weighted by Crippen LogP contribution is -2.09. The largest absolute Gasteiger partial charge is 0.495 e. The first-order valence-electron chi connectivity index (χ1n) is 4.75. The first-order valence-corrected chi connectivity index (χ1v) is 4.75. The summed E-state index contributed by atoms with van der Waals surface area (Å²) in [4.78, 5) is 0. The molecule has 0 aliphatic rings. The number of ether oxygens (including phenoxy) is 1. The zero-order valence-corrected chi connectivity index (χ0v) is 9.22. The van der Waals surface area contributed by atoms with Gasteiger partial charge < -0.3 is 10.2 Å². The Hall–Kier alpha value is -1.22. The minimum Gasteiger partial charge on any atom is -0.495 e. The number of nitrogen functional groups attached to an aromatic ring is 1. The maximum atomic E-state index is 5.42. The second-order valence-electron chi connectivity index (χ2n) is 3.71. The molecule has 0 amide bonds. The van der Waals surface area contributed by atoms with Crippen LogP contribution in [0.3, 0.4) is 0 Å². The minimum absolute atomic E-state index is 0.494. The van der Waals surface area contributed by atoms with Crippen molar-refractivity contribution in [3.63, 3.8) is 0 Å². The molecular formula is C11H18N2O. The molecule has 1 aromatic rings. The molecule has 3 heteroatoms. The van der Waals surface area contributed by atoms with Crippen LogP contribution in [0.4, 0.5) is 5.69 Å². The number of hydrazine groups is 1. The van der Waals surface area contributed by atoms with Crippen LogP contribution in [-0.2, 0) is 0 Å². The Morgan fingerprint density at radius 1 is 1.36 bits per heavy atom. The number of anilines is 1. The summed E-state index contributed by atoms with van der Waals surface area (Å²) >= 11 is 0. The van der Waals surface area contributed by atoms with E-state index in [0.29, 0.717) is 5.92 Å². The molecule has 0 aliphatic carbocycles. The third kappa shape index (κ3) is 1.99. The van der Waals surface area contributed by atoms with Crippen molar-refractivity contribution in [1.29, 1.82) is 0 Å². The molecule has 0 aromatic heterocycles. The van der Waals surface area contributed by atoms with Crippen LogP contribution in [-0.4, -0.2) is 7.11 Å². The maximum Gasteiger partial charge on any atom is 0.143 e. The second kappa shape index (κ2) is 4.33. The molecule has 78 valence electrons. The average Bonchev–Trinajstić information content (AvgIpc) is 2.16. The van der Waals surface area contributed by atoms with E-state index in [4.69, 9.17) is 10.6 Å². The quantitative estimate of drug-likeness (QED) is 0.574. The zero-order chi connectivity index (χ0) is 10.7. The van der Waals surface area contributed by atoms with E-state index in [1.807, 2.05) is 12.1 Å². The molecule has 3 nitrogen and oxygen atoms in total. The monoisotopic (exact) mass is 194 g/mol. The van der Waals surface area contributed by atoms with Crippen LogP contribution < -0.4 is 16.0 Å². The van der Waals surface area contributed by atoms with Crippen molar-refractivity contribution < 1.29 is 4.74 Å². The fourth-order valence-electron chi connectivity index (χ4n) is 1.60. The van der Waals surface area contributed by atoms with Crippen LogP contribution in [0.5, 0.6) is 5.75 Å². The van der Waals surface area contributed by atoms with Crippen molar-refractivity contribution in [3.8, 4) is 5.75 Å². The van der Waals surface area contributed by atoms with Crippen LogP contribution in [0, 0.1) is 6.92 Å². The van der Waals surface area contributed by atoms with Crippen molar-refractivity contribution in [2.75, 3.05) is 12.5 Å². The predicted octanol–water partition coefficient (Wildman–Crippen LogP) is 2.41. The van der Waals surface area contributed by atoms with Crippen LogP contribution in [0.2, 0.25) is 0 Å². The number of rotatable bonds is 3. The molecular weight excluding hydrogens is 176 g/mol. The Kier molecular flexibility index (Phi) is 3.36. The number of hydrogen-bond donors (Lipinski definition) is 2. The number of benzene rings is 1. The van der Waals surface area contributed by atoms with Gasteiger partial charge in [0, 0.05) is 0 Å². The van der Waals surface area contributed by atoms with E-state index < -0.39 is 0 Å². The molecule has 0 bridgehead atoms. The van der Waals surface area contributed by atoms with Gasteiger partial charge in [0.25, 0.3) is 0 Å². The summed E-state index contributed by atoms with van der Waals surface area (Å²) in [5.74, 6) is 6.70. The Bertz CT molecular complexity index is 321. The smallest absolute Gasteiger partial charge is 0.143 e. The Morgan fingerprint density at radius 2 is 2.00 bits per heavy atom. The highest BCUT2D eigenvalue weighted by Gasteiger charge is 2.09. The Balaban J connectivity index is 3.23. The average molecular weight is 194 g/mol. The summed E-state index contributed by atoms with van der Waals surface area (Å²) in [6, 6.07) is 4.04. The number of nitrogens with two attached hydrogens (primary N) is 1. The van der Waals surface area contributed by atoms with Gasteiger partial charge >= 0.3 is 0 Å². The normalized spacial score (nSPS) is 10.4. The van der Waals surface area contributed by atoms with Crippen molar-refractivity contribution in [3.05, 3.63) is 23.3 Å². The molecule has 0 spiro atoms. The minimum atomic E-state index is 0.494. The van der Waals surface area contributed by atoms with E-state index >= 15 is 0 Å². The van der Waals surface area contributed by atoms with E-state index in [2.05, 4.69) is 26.2 Å². The van der Waals surface area contributed by atoms with Crippen molar-refractivity contribution in [1.82, 2.24) is 0 Å². The SMILES string of the molecule is COc1cc(C)c(C(C)C)cc1NN. The molecule has 0 unspecified atom stereocenters. The summed E-state index contributed by atoms with van der Waals surface area (Å²) in [5.41, 5.74) is 6.00. The van der Waals surface area contributed by atoms with Gasteiger partial charge in [-0.2, -0.15) is 0 Å². The van der Waals surface area contributed by atoms with Gasteiger partial charge in [0.2, 0.25) is 0 Å². The molecule has 0 heterocycles. The van der Waals surface area contributed by atoms with E-state index in [9.17, 15) is 0 Å². The van der Waals surface area contributed by atoms with Gasteiger partial charge in [0.15, 0.2) is 0 Å². The number of nitrogens with one attached hydrogen (secondary N) is 1.